The van der Waals surface area contributed by atoms with Crippen molar-refractivity contribution < 1.29 is 22.8 Å². The van der Waals surface area contributed by atoms with E-state index in [0.717, 1.165) is 0 Å². The topological polar surface area (TPSA) is 124 Å². The molecule has 1 aromatic carbocycles. The Bertz CT molecular complexity index is 865. The molecule has 10 nitrogen and oxygen atoms in total. The highest BCUT2D eigenvalue weighted by Gasteiger charge is 2.31. The second kappa shape index (κ2) is 8.74. The molecule has 12 heteroatoms. The van der Waals surface area contributed by atoms with Gasteiger partial charge in [-0.3, -0.25) is 10.2 Å². The number of anilines is 1. The van der Waals surface area contributed by atoms with Gasteiger partial charge < -0.3 is 4.74 Å². The van der Waals surface area contributed by atoms with Gasteiger partial charge in [0.2, 0.25) is 5.95 Å². The number of nitrogens with zero attached hydrogens (tertiary/aromatic N) is 4. The Balaban J connectivity index is 2.32. The van der Waals surface area contributed by atoms with Gasteiger partial charge in [0.05, 0.1) is 18.6 Å². The smallest absolute Gasteiger partial charge is 0.363 e. The summed E-state index contributed by atoms with van der Waals surface area (Å²) in [4.78, 5) is 29.0. The molecule has 2 aromatic rings. The number of ether oxygens (including phenoxy) is 1. The fraction of sp³-hybridized carbons (Fsp3) is 0.286. The predicted octanol–water partition coefficient (Wildman–Crippen LogP) is 1.58. The maximum Gasteiger partial charge on any atom is 0.363 e. The lowest BCUT2D eigenvalue weighted by molar-refractivity contribution is -0.0359. The quantitative estimate of drug-likeness (QED) is 0.547. The SMILES string of the molecule is COc1nc(C)nc(NC(=O)N(OCCCl)S(=O)(=O)c2ccccc2)n1. The number of aromatic nitrogens is 3. The first-order valence-corrected chi connectivity index (χ1v) is 9.23. The Morgan fingerprint density at radius 3 is 2.54 bits per heavy atom. The monoisotopic (exact) mass is 401 g/mol. The minimum Gasteiger partial charge on any atom is -0.467 e. The zero-order valence-corrected chi connectivity index (χ0v) is 15.5. The van der Waals surface area contributed by atoms with Crippen LogP contribution in [0.1, 0.15) is 5.82 Å². The van der Waals surface area contributed by atoms with E-state index in [1.165, 1.54) is 31.4 Å². The third kappa shape index (κ3) is 4.77. The molecule has 0 aliphatic carbocycles. The molecule has 140 valence electrons. The van der Waals surface area contributed by atoms with Crippen LogP contribution >= 0.6 is 11.6 Å². The van der Waals surface area contributed by atoms with Crippen LogP contribution < -0.4 is 10.1 Å². The zero-order chi connectivity index (χ0) is 19.2. The number of urea groups is 1. The van der Waals surface area contributed by atoms with Crippen LogP contribution in [-0.2, 0) is 14.9 Å². The molecule has 0 unspecified atom stereocenters. The van der Waals surface area contributed by atoms with Crippen LogP contribution in [0.25, 0.3) is 0 Å². The number of methoxy groups -OCH3 is 1. The molecule has 0 radical (unpaired) electrons. The van der Waals surface area contributed by atoms with E-state index in [1.807, 2.05) is 0 Å². The van der Waals surface area contributed by atoms with Crippen LogP contribution in [0.3, 0.4) is 0 Å². The number of aryl methyl sites for hydroxylation is 1. The summed E-state index contributed by atoms with van der Waals surface area (Å²) < 4.78 is 30.4. The lowest BCUT2D eigenvalue weighted by atomic mass is 10.4. The lowest BCUT2D eigenvalue weighted by Gasteiger charge is -2.21. The molecule has 0 aliphatic rings. The summed E-state index contributed by atoms with van der Waals surface area (Å²) in [6.07, 6.45) is 0. The molecule has 0 aliphatic heterocycles. The average molecular weight is 402 g/mol. The highest BCUT2D eigenvalue weighted by Crippen LogP contribution is 2.17. The van der Waals surface area contributed by atoms with Crippen molar-refractivity contribution in [3.8, 4) is 6.01 Å². The molecule has 2 rings (SSSR count). The molecular weight excluding hydrogens is 386 g/mol. The van der Waals surface area contributed by atoms with Crippen molar-refractivity contribution in [2.45, 2.75) is 11.8 Å². The van der Waals surface area contributed by atoms with Crippen LogP contribution in [0.15, 0.2) is 35.2 Å². The molecule has 0 spiro atoms. The van der Waals surface area contributed by atoms with Crippen LogP contribution in [-0.4, -0.2) is 53.5 Å². The van der Waals surface area contributed by atoms with Gasteiger partial charge in [0.25, 0.3) is 10.0 Å². The van der Waals surface area contributed by atoms with E-state index >= 15 is 0 Å². The Hall–Kier alpha value is -2.50. The number of hydrogen-bond donors (Lipinski definition) is 1. The second-order valence-corrected chi connectivity index (χ2v) is 6.82. The van der Waals surface area contributed by atoms with Gasteiger partial charge in [0.15, 0.2) is 0 Å². The lowest BCUT2D eigenvalue weighted by Crippen LogP contribution is -2.40. The number of carbonyl (C=O) groups is 1. The summed E-state index contributed by atoms with van der Waals surface area (Å²) >= 11 is 5.54. The van der Waals surface area contributed by atoms with Crippen LogP contribution in [0.2, 0.25) is 0 Å². The van der Waals surface area contributed by atoms with Crippen molar-refractivity contribution in [2.24, 2.45) is 0 Å². The first kappa shape index (κ1) is 19.8. The average Bonchev–Trinajstić information content (AvgIpc) is 2.62. The number of benzene rings is 1. The van der Waals surface area contributed by atoms with Crippen molar-refractivity contribution in [1.82, 2.24) is 19.4 Å². The molecule has 1 heterocycles. The molecule has 0 fully saturated rings. The summed E-state index contributed by atoms with van der Waals surface area (Å²) in [5, 5.41) is 2.24. The summed E-state index contributed by atoms with van der Waals surface area (Å²) in [6, 6.07) is 6.18. The summed E-state index contributed by atoms with van der Waals surface area (Å²) in [5.74, 6) is 0.0561. The Morgan fingerprint density at radius 1 is 1.23 bits per heavy atom. The second-order valence-electron chi connectivity index (χ2n) is 4.69. The number of amides is 2. The van der Waals surface area contributed by atoms with Crippen molar-refractivity contribution in [3.63, 3.8) is 0 Å². The molecule has 26 heavy (non-hydrogen) atoms. The van der Waals surface area contributed by atoms with Crippen molar-refractivity contribution >= 4 is 33.6 Å². The molecule has 0 bridgehead atoms. The Kier molecular flexibility index (Phi) is 6.66. The third-order valence-electron chi connectivity index (χ3n) is 2.84. The summed E-state index contributed by atoms with van der Waals surface area (Å²) in [7, 11) is -2.94. The van der Waals surface area contributed by atoms with Gasteiger partial charge in [-0.25, -0.2) is 4.79 Å². The number of halogens is 1. The van der Waals surface area contributed by atoms with E-state index in [2.05, 4.69) is 20.3 Å². The third-order valence-corrected chi connectivity index (χ3v) is 4.57. The van der Waals surface area contributed by atoms with Crippen molar-refractivity contribution in [3.05, 3.63) is 36.2 Å². The van der Waals surface area contributed by atoms with Gasteiger partial charge in [-0.15, -0.1) is 11.6 Å². The Morgan fingerprint density at radius 2 is 1.92 bits per heavy atom. The molecule has 0 saturated carbocycles. The van der Waals surface area contributed by atoms with Gasteiger partial charge in [0.1, 0.15) is 5.82 Å². The van der Waals surface area contributed by atoms with Gasteiger partial charge in [-0.2, -0.15) is 23.4 Å². The van der Waals surface area contributed by atoms with Gasteiger partial charge in [0, 0.05) is 5.88 Å². The van der Waals surface area contributed by atoms with E-state index in [0.29, 0.717) is 0 Å². The molecular formula is C14H16ClN5O5S. The number of hydrogen-bond acceptors (Lipinski definition) is 8. The molecule has 0 atom stereocenters. The van der Waals surface area contributed by atoms with Gasteiger partial charge in [-0.05, 0) is 19.1 Å². The van der Waals surface area contributed by atoms with E-state index < -0.39 is 16.1 Å². The zero-order valence-electron chi connectivity index (χ0n) is 13.9. The number of nitrogens with one attached hydrogen (secondary N) is 1. The standard InChI is InChI=1S/C14H16ClN5O5S/c1-10-16-12(18-13(17-10)24-2)19-14(21)20(25-9-8-15)26(22,23)11-6-4-3-5-7-11/h3-7H,8-9H2,1-2H3,(H,16,17,18,19,21). The maximum atomic E-state index is 12.7. The number of hydroxylamine groups is 1. The molecule has 1 aromatic heterocycles. The number of rotatable bonds is 7. The highest BCUT2D eigenvalue weighted by molar-refractivity contribution is 7.89. The molecule has 2 amide bonds. The first-order chi connectivity index (χ1) is 12.4. The van der Waals surface area contributed by atoms with E-state index in [9.17, 15) is 13.2 Å². The van der Waals surface area contributed by atoms with Crippen molar-refractivity contribution in [1.29, 1.82) is 0 Å². The summed E-state index contributed by atoms with van der Waals surface area (Å²) in [5.41, 5.74) is 0. The van der Waals surface area contributed by atoms with Crippen LogP contribution in [0, 0.1) is 6.92 Å². The maximum absolute atomic E-state index is 12.7. The highest BCUT2D eigenvalue weighted by atomic mass is 35.5. The van der Waals surface area contributed by atoms with Crippen LogP contribution in [0.4, 0.5) is 10.7 Å². The number of sulfonamides is 1. The number of carbonyl (C=O) groups excluding carboxylic acids is 1. The van der Waals surface area contributed by atoms with Gasteiger partial charge in [-0.1, -0.05) is 22.7 Å². The normalized spacial score (nSPS) is 11.0. The van der Waals surface area contributed by atoms with E-state index in [1.54, 1.807) is 13.0 Å². The van der Waals surface area contributed by atoms with Crippen molar-refractivity contribution in [2.75, 3.05) is 24.9 Å². The fourth-order valence-electron chi connectivity index (χ4n) is 1.79. The number of alkyl halides is 1. The van der Waals surface area contributed by atoms with E-state index in [4.69, 9.17) is 21.2 Å². The fourth-order valence-corrected chi connectivity index (χ4v) is 3.03. The van der Waals surface area contributed by atoms with E-state index in [-0.39, 0.29) is 39.6 Å². The summed E-state index contributed by atoms with van der Waals surface area (Å²) in [6.45, 7) is 1.35. The molecule has 1 N–H and O–H groups in total. The Labute approximate surface area is 155 Å². The minimum absolute atomic E-state index is 0.0211. The van der Waals surface area contributed by atoms with Crippen LogP contribution in [0.5, 0.6) is 6.01 Å². The first-order valence-electron chi connectivity index (χ1n) is 7.25. The largest absolute Gasteiger partial charge is 0.467 e. The minimum atomic E-state index is -4.28. The van der Waals surface area contributed by atoms with Gasteiger partial charge >= 0.3 is 12.0 Å². The predicted molar refractivity (Wildman–Crippen MR) is 92.3 cm³/mol. The molecule has 0 saturated heterocycles.